The minimum absolute atomic E-state index is 0.00176. The highest BCUT2D eigenvalue weighted by Gasteiger charge is 2.24. The number of carbonyl (C=O) groups excluding carboxylic acids is 1. The van der Waals surface area contributed by atoms with Crippen molar-refractivity contribution in [2.75, 3.05) is 0 Å². The number of benzene rings is 1. The average molecular weight is 232 g/mol. The zero-order chi connectivity index (χ0) is 12.6. The summed E-state index contributed by atoms with van der Waals surface area (Å²) in [5, 5.41) is 9.27. The molecule has 0 unspecified atom stereocenters. The summed E-state index contributed by atoms with van der Waals surface area (Å²) >= 11 is 0. The highest BCUT2D eigenvalue weighted by Crippen LogP contribution is 2.32. The molecule has 1 heterocycles. The normalized spacial score (nSPS) is 19.4. The van der Waals surface area contributed by atoms with E-state index in [0.717, 1.165) is 23.3 Å². The average Bonchev–Trinajstić information content (AvgIpc) is 2.70. The van der Waals surface area contributed by atoms with Crippen LogP contribution in [0.3, 0.4) is 0 Å². The summed E-state index contributed by atoms with van der Waals surface area (Å²) < 4.78 is 5.69. The van der Waals surface area contributed by atoms with Crippen LogP contribution in [0.5, 0.6) is 5.75 Å². The number of aliphatic hydroxyl groups is 1. The maximum Gasteiger partial charge on any atom is 0.190 e. The number of carbonyl (C=O) groups is 1. The van der Waals surface area contributed by atoms with E-state index in [1.165, 1.54) is 6.92 Å². The van der Waals surface area contributed by atoms with E-state index in [1.807, 2.05) is 6.92 Å². The van der Waals surface area contributed by atoms with Crippen molar-refractivity contribution in [3.05, 3.63) is 41.5 Å². The van der Waals surface area contributed by atoms with Gasteiger partial charge in [-0.3, -0.25) is 4.79 Å². The Morgan fingerprint density at radius 3 is 2.88 bits per heavy atom. The van der Waals surface area contributed by atoms with Crippen LogP contribution in [0.1, 0.15) is 29.8 Å². The highest BCUT2D eigenvalue weighted by molar-refractivity contribution is 5.99. The molecule has 2 atom stereocenters. The topological polar surface area (TPSA) is 46.5 Å². The Morgan fingerprint density at radius 2 is 2.29 bits per heavy atom. The first-order valence-electron chi connectivity index (χ1n) is 5.66. The number of Topliss-reactive ketones (excluding diaryl/α,β-unsaturated/α-hetero) is 1. The summed E-state index contributed by atoms with van der Waals surface area (Å²) in [5.41, 5.74) is 2.51. The second kappa shape index (κ2) is 4.34. The third kappa shape index (κ3) is 2.24. The first kappa shape index (κ1) is 11.9. The molecule has 0 saturated heterocycles. The standard InChI is InChI=1S/C14H16O3/c1-8(2)13-7-11-6-10(14(16)9(3)15)4-5-12(11)17-13/h4-6,9,13,15H,1,7H2,2-3H3/t9-,13+/m1/s1. The van der Waals surface area contributed by atoms with Gasteiger partial charge < -0.3 is 9.84 Å². The molecule has 90 valence electrons. The molecule has 17 heavy (non-hydrogen) atoms. The monoisotopic (exact) mass is 232 g/mol. The molecule has 1 aromatic carbocycles. The zero-order valence-electron chi connectivity index (χ0n) is 10.1. The lowest BCUT2D eigenvalue weighted by atomic mass is 10.0. The summed E-state index contributed by atoms with van der Waals surface area (Å²) in [6.45, 7) is 7.28. The van der Waals surface area contributed by atoms with Crippen LogP contribution in [0.15, 0.2) is 30.4 Å². The van der Waals surface area contributed by atoms with Crippen LogP contribution in [0.25, 0.3) is 0 Å². The highest BCUT2D eigenvalue weighted by atomic mass is 16.5. The number of rotatable bonds is 3. The van der Waals surface area contributed by atoms with E-state index in [-0.39, 0.29) is 11.9 Å². The van der Waals surface area contributed by atoms with Crippen LogP contribution in [0.4, 0.5) is 0 Å². The zero-order valence-corrected chi connectivity index (χ0v) is 10.1. The van der Waals surface area contributed by atoms with Gasteiger partial charge in [0.1, 0.15) is 18.0 Å². The Kier molecular flexibility index (Phi) is 3.03. The Labute approximate surface area is 101 Å². The summed E-state index contributed by atoms with van der Waals surface area (Å²) in [7, 11) is 0. The lowest BCUT2D eigenvalue weighted by molar-refractivity contribution is 0.0779. The summed E-state index contributed by atoms with van der Waals surface area (Å²) in [4.78, 5) is 11.7. The van der Waals surface area contributed by atoms with E-state index in [2.05, 4.69) is 6.58 Å². The van der Waals surface area contributed by atoms with Gasteiger partial charge in [-0.05, 0) is 43.2 Å². The molecule has 0 aliphatic carbocycles. The molecule has 3 nitrogen and oxygen atoms in total. The largest absolute Gasteiger partial charge is 0.485 e. The van der Waals surface area contributed by atoms with Gasteiger partial charge >= 0.3 is 0 Å². The van der Waals surface area contributed by atoms with Crippen LogP contribution < -0.4 is 4.74 Å². The van der Waals surface area contributed by atoms with Gasteiger partial charge in [0.25, 0.3) is 0 Å². The Balaban J connectivity index is 2.27. The van der Waals surface area contributed by atoms with Gasteiger partial charge in [0.2, 0.25) is 0 Å². The number of hydrogen-bond acceptors (Lipinski definition) is 3. The molecule has 1 aliphatic rings. The lowest BCUT2D eigenvalue weighted by Crippen LogP contribution is -2.16. The molecule has 0 spiro atoms. The Bertz CT molecular complexity index is 474. The maximum atomic E-state index is 11.7. The van der Waals surface area contributed by atoms with Gasteiger partial charge in [0.05, 0.1) is 0 Å². The van der Waals surface area contributed by atoms with Gasteiger partial charge in [0, 0.05) is 12.0 Å². The molecule has 0 amide bonds. The first-order chi connectivity index (χ1) is 7.99. The molecule has 2 rings (SSSR count). The van der Waals surface area contributed by atoms with Gasteiger partial charge in [-0.15, -0.1) is 0 Å². The fourth-order valence-corrected chi connectivity index (χ4v) is 1.92. The molecular formula is C14H16O3. The van der Waals surface area contributed by atoms with Crippen LogP contribution in [-0.4, -0.2) is 23.1 Å². The Morgan fingerprint density at radius 1 is 1.59 bits per heavy atom. The molecule has 1 N–H and O–H groups in total. The van der Waals surface area contributed by atoms with Crippen molar-refractivity contribution in [2.24, 2.45) is 0 Å². The fourth-order valence-electron chi connectivity index (χ4n) is 1.92. The van der Waals surface area contributed by atoms with E-state index in [9.17, 15) is 9.90 Å². The van der Waals surface area contributed by atoms with Crippen molar-refractivity contribution >= 4 is 5.78 Å². The predicted octanol–water partition coefficient (Wildman–Crippen LogP) is 2.13. The first-order valence-corrected chi connectivity index (χ1v) is 5.66. The van der Waals surface area contributed by atoms with Crippen molar-refractivity contribution in [1.82, 2.24) is 0 Å². The van der Waals surface area contributed by atoms with Crippen LogP contribution >= 0.6 is 0 Å². The summed E-state index contributed by atoms with van der Waals surface area (Å²) in [6.07, 6.45) is -0.222. The van der Waals surface area contributed by atoms with E-state index >= 15 is 0 Å². The van der Waals surface area contributed by atoms with Gasteiger partial charge in [0.15, 0.2) is 5.78 Å². The number of aliphatic hydroxyl groups excluding tert-OH is 1. The van der Waals surface area contributed by atoms with E-state index in [1.54, 1.807) is 18.2 Å². The van der Waals surface area contributed by atoms with Crippen LogP contribution in [0.2, 0.25) is 0 Å². The second-order valence-corrected chi connectivity index (χ2v) is 4.52. The lowest BCUT2D eigenvalue weighted by Gasteiger charge is -2.08. The molecule has 0 bridgehead atoms. The van der Waals surface area contributed by atoms with Crippen molar-refractivity contribution in [3.8, 4) is 5.75 Å². The van der Waals surface area contributed by atoms with Gasteiger partial charge in [-0.25, -0.2) is 0 Å². The molecule has 0 aromatic heterocycles. The fraction of sp³-hybridized carbons (Fsp3) is 0.357. The van der Waals surface area contributed by atoms with Crippen molar-refractivity contribution in [2.45, 2.75) is 32.5 Å². The number of fused-ring (bicyclic) bond motifs is 1. The minimum atomic E-state index is -0.965. The van der Waals surface area contributed by atoms with Crippen LogP contribution in [0, 0.1) is 0 Å². The van der Waals surface area contributed by atoms with Gasteiger partial charge in [-0.1, -0.05) is 6.58 Å². The summed E-state index contributed by atoms with van der Waals surface area (Å²) in [6, 6.07) is 5.27. The van der Waals surface area contributed by atoms with Crippen molar-refractivity contribution < 1.29 is 14.6 Å². The molecule has 3 heteroatoms. The second-order valence-electron chi connectivity index (χ2n) is 4.52. The van der Waals surface area contributed by atoms with Crippen molar-refractivity contribution in [1.29, 1.82) is 0 Å². The molecule has 0 radical (unpaired) electrons. The third-order valence-electron chi connectivity index (χ3n) is 2.95. The van der Waals surface area contributed by atoms with E-state index < -0.39 is 6.10 Å². The minimum Gasteiger partial charge on any atom is -0.485 e. The van der Waals surface area contributed by atoms with E-state index in [0.29, 0.717) is 5.56 Å². The van der Waals surface area contributed by atoms with Crippen LogP contribution in [-0.2, 0) is 6.42 Å². The molecule has 1 aromatic rings. The smallest absolute Gasteiger partial charge is 0.190 e. The third-order valence-corrected chi connectivity index (χ3v) is 2.95. The maximum absolute atomic E-state index is 11.7. The summed E-state index contributed by atoms with van der Waals surface area (Å²) in [5.74, 6) is 0.548. The molecule has 1 aliphatic heterocycles. The Hall–Kier alpha value is -1.61. The number of ketones is 1. The number of hydrogen-bond donors (Lipinski definition) is 1. The molecule has 0 saturated carbocycles. The molecular weight excluding hydrogens is 216 g/mol. The van der Waals surface area contributed by atoms with Gasteiger partial charge in [-0.2, -0.15) is 0 Å². The molecule has 0 fully saturated rings. The van der Waals surface area contributed by atoms with Crippen molar-refractivity contribution in [3.63, 3.8) is 0 Å². The predicted molar refractivity (Wildman–Crippen MR) is 65.4 cm³/mol. The quantitative estimate of drug-likeness (QED) is 0.641. The SMILES string of the molecule is C=C(C)[C@@H]1Cc2cc(C(=O)[C@@H](C)O)ccc2O1. The number of ether oxygens (including phenoxy) is 1. The van der Waals surface area contributed by atoms with E-state index in [4.69, 9.17) is 4.74 Å².